The largest absolute Gasteiger partial charge is 0.459 e. The average Bonchev–Trinajstić information content (AvgIpc) is 2.87. The van der Waals surface area contributed by atoms with Crippen molar-refractivity contribution in [3.63, 3.8) is 0 Å². The van der Waals surface area contributed by atoms with Crippen molar-refractivity contribution in [2.24, 2.45) is 29.0 Å². The molecule has 10 nitrogen and oxygen atoms in total. The first kappa shape index (κ1) is 36.8. The number of primary amides is 1. The Kier molecular flexibility index (Phi) is 15.9. The maximum atomic E-state index is 13.7. The van der Waals surface area contributed by atoms with Gasteiger partial charge in [0.2, 0.25) is 17.7 Å². The summed E-state index contributed by atoms with van der Waals surface area (Å²) in [4.78, 5) is 51.2. The Balaban J connectivity index is 2.96. The van der Waals surface area contributed by atoms with Gasteiger partial charge in [0.15, 0.2) is 0 Å². The van der Waals surface area contributed by atoms with E-state index in [1.54, 1.807) is 20.8 Å². The molecule has 0 aromatic heterocycles. The van der Waals surface area contributed by atoms with Crippen molar-refractivity contribution >= 4 is 23.7 Å². The van der Waals surface area contributed by atoms with Crippen molar-refractivity contribution in [2.75, 3.05) is 0 Å². The van der Waals surface area contributed by atoms with Crippen molar-refractivity contribution < 1.29 is 23.9 Å². The Morgan fingerprint density at radius 3 is 2.07 bits per heavy atom. The third-order valence-electron chi connectivity index (χ3n) is 7.83. The molecular formula is C31H59N5O5. The first-order chi connectivity index (χ1) is 19.1. The summed E-state index contributed by atoms with van der Waals surface area (Å²) >= 11 is 0. The Morgan fingerprint density at radius 2 is 1.54 bits per heavy atom. The molecule has 0 spiro atoms. The summed E-state index contributed by atoms with van der Waals surface area (Å²) in [5.74, 6) is -1.12. The molecule has 0 radical (unpaired) electrons. The number of carbonyl (C=O) groups excluding carboxylic acids is 4. The Labute approximate surface area is 248 Å². The zero-order valence-electron chi connectivity index (χ0n) is 26.6. The van der Waals surface area contributed by atoms with E-state index in [1.807, 2.05) is 20.8 Å². The first-order valence-electron chi connectivity index (χ1n) is 15.8. The molecule has 8 N–H and O–H groups in total. The molecule has 4 atom stereocenters. The average molecular weight is 582 g/mol. The van der Waals surface area contributed by atoms with Crippen LogP contribution in [-0.2, 0) is 23.9 Å². The summed E-state index contributed by atoms with van der Waals surface area (Å²) in [5, 5.41) is 5.61. The van der Waals surface area contributed by atoms with Gasteiger partial charge in [0, 0.05) is 0 Å². The minimum absolute atomic E-state index is 0.153. The van der Waals surface area contributed by atoms with Crippen LogP contribution in [0.15, 0.2) is 0 Å². The number of hydrogen-bond acceptors (Lipinski definition) is 7. The molecule has 0 saturated heterocycles. The van der Waals surface area contributed by atoms with Crippen molar-refractivity contribution in [1.82, 2.24) is 10.6 Å². The highest BCUT2D eigenvalue weighted by Gasteiger charge is 2.37. The van der Waals surface area contributed by atoms with Gasteiger partial charge in [0.25, 0.3) is 0 Å². The fraction of sp³-hybridized carbons (Fsp3) is 0.871. The molecule has 1 fully saturated rings. The molecule has 10 heteroatoms. The van der Waals surface area contributed by atoms with E-state index in [1.165, 1.54) is 32.1 Å². The number of ether oxygens (including phenoxy) is 1. The van der Waals surface area contributed by atoms with Crippen molar-refractivity contribution in [2.45, 2.75) is 161 Å². The van der Waals surface area contributed by atoms with Crippen LogP contribution in [0.5, 0.6) is 0 Å². The van der Waals surface area contributed by atoms with Gasteiger partial charge in [0.1, 0.15) is 23.7 Å². The highest BCUT2D eigenvalue weighted by atomic mass is 16.6. The number of esters is 1. The lowest BCUT2D eigenvalue weighted by Crippen LogP contribution is -2.60. The molecule has 1 aliphatic carbocycles. The predicted molar refractivity (Wildman–Crippen MR) is 162 cm³/mol. The molecule has 1 saturated carbocycles. The van der Waals surface area contributed by atoms with Crippen LogP contribution in [0, 0.1) is 11.8 Å². The van der Waals surface area contributed by atoms with E-state index in [0.717, 1.165) is 12.8 Å². The molecule has 3 amide bonds. The fourth-order valence-electron chi connectivity index (χ4n) is 5.52. The molecule has 0 aromatic carbocycles. The van der Waals surface area contributed by atoms with Gasteiger partial charge in [-0.2, -0.15) is 0 Å². The third-order valence-corrected chi connectivity index (χ3v) is 7.83. The Bertz CT molecular complexity index is 837. The summed E-state index contributed by atoms with van der Waals surface area (Å²) in [6.07, 6.45) is 11.0. The number of hydrogen-bond donors (Lipinski definition) is 5. The monoisotopic (exact) mass is 581 g/mol. The zero-order valence-corrected chi connectivity index (χ0v) is 26.6. The Hall–Kier alpha value is -2.20. The van der Waals surface area contributed by atoms with E-state index < -0.39 is 53.0 Å². The van der Waals surface area contributed by atoms with Gasteiger partial charge in [-0.05, 0) is 71.1 Å². The van der Waals surface area contributed by atoms with Crippen LogP contribution >= 0.6 is 0 Å². The molecule has 0 heterocycles. The molecular weight excluding hydrogens is 522 g/mol. The zero-order chi connectivity index (χ0) is 31.2. The Morgan fingerprint density at radius 1 is 0.927 bits per heavy atom. The van der Waals surface area contributed by atoms with Gasteiger partial charge in [-0.3, -0.25) is 19.2 Å². The van der Waals surface area contributed by atoms with Crippen LogP contribution in [0.1, 0.15) is 131 Å². The number of amides is 3. The van der Waals surface area contributed by atoms with Crippen molar-refractivity contribution in [3.05, 3.63) is 0 Å². The van der Waals surface area contributed by atoms with E-state index in [2.05, 4.69) is 10.6 Å². The van der Waals surface area contributed by atoms with Crippen LogP contribution < -0.4 is 27.8 Å². The minimum Gasteiger partial charge on any atom is -0.459 e. The summed E-state index contributed by atoms with van der Waals surface area (Å²) in [5.41, 5.74) is 16.6. The van der Waals surface area contributed by atoms with Crippen LogP contribution in [-0.4, -0.2) is 53.0 Å². The molecule has 1 unspecified atom stereocenters. The maximum Gasteiger partial charge on any atom is 0.323 e. The summed E-state index contributed by atoms with van der Waals surface area (Å²) in [6.45, 7) is 11.2. The van der Waals surface area contributed by atoms with Crippen LogP contribution in [0.25, 0.3) is 0 Å². The van der Waals surface area contributed by atoms with E-state index >= 15 is 0 Å². The van der Waals surface area contributed by atoms with Gasteiger partial charge in [0.05, 0.1) is 5.54 Å². The van der Waals surface area contributed by atoms with Gasteiger partial charge in [-0.25, -0.2) is 0 Å². The maximum absolute atomic E-state index is 13.7. The second kappa shape index (κ2) is 17.7. The summed E-state index contributed by atoms with van der Waals surface area (Å²) in [7, 11) is 0. The second-order valence-electron chi connectivity index (χ2n) is 13.5. The first-order valence-corrected chi connectivity index (χ1v) is 15.8. The topological polar surface area (TPSA) is 180 Å². The van der Waals surface area contributed by atoms with E-state index in [4.69, 9.17) is 21.9 Å². The van der Waals surface area contributed by atoms with Crippen molar-refractivity contribution in [3.8, 4) is 0 Å². The SMILES string of the molecule is CCC[C@H](NC(=O)[C@](N)(CCCC1CCCCC1)CCCC(N)C(=O)OC(C)(C)C)C(=O)N[C@@H](CC(C)C)C(N)=O. The molecule has 1 rings (SSSR count). The lowest BCUT2D eigenvalue weighted by atomic mass is 9.81. The third kappa shape index (κ3) is 14.5. The van der Waals surface area contributed by atoms with E-state index in [-0.39, 0.29) is 5.92 Å². The van der Waals surface area contributed by atoms with Gasteiger partial charge in [-0.1, -0.05) is 72.1 Å². The summed E-state index contributed by atoms with van der Waals surface area (Å²) < 4.78 is 5.39. The number of rotatable bonds is 18. The minimum atomic E-state index is -1.23. The highest BCUT2D eigenvalue weighted by molar-refractivity contribution is 5.94. The predicted octanol–water partition coefficient (Wildman–Crippen LogP) is 3.57. The van der Waals surface area contributed by atoms with Gasteiger partial charge >= 0.3 is 5.97 Å². The van der Waals surface area contributed by atoms with Crippen LogP contribution in [0.4, 0.5) is 0 Å². The second-order valence-corrected chi connectivity index (χ2v) is 13.5. The molecule has 41 heavy (non-hydrogen) atoms. The van der Waals surface area contributed by atoms with E-state index in [9.17, 15) is 19.2 Å². The van der Waals surface area contributed by atoms with E-state index in [0.29, 0.717) is 50.9 Å². The quantitative estimate of drug-likeness (QED) is 0.153. The molecule has 0 aromatic rings. The lowest BCUT2D eigenvalue weighted by molar-refractivity contribution is -0.156. The number of nitrogens with two attached hydrogens (primary N) is 3. The number of carbonyl (C=O) groups is 4. The molecule has 238 valence electrons. The van der Waals surface area contributed by atoms with Gasteiger partial charge in [-0.15, -0.1) is 0 Å². The fourth-order valence-corrected chi connectivity index (χ4v) is 5.52. The normalized spacial score (nSPS) is 18.2. The lowest BCUT2D eigenvalue weighted by Gasteiger charge is -2.32. The molecule has 1 aliphatic rings. The van der Waals surface area contributed by atoms with Crippen molar-refractivity contribution in [1.29, 1.82) is 0 Å². The standard InChI is InChI=1S/C31H59N5O5/c1-7-13-24(27(38)35-25(26(33)37)20-21(2)3)36-29(40)31(34,18-11-16-22-14-9-8-10-15-22)19-12-17-23(32)28(39)41-30(4,5)6/h21-25H,7-20,32,34H2,1-6H3,(H2,33,37)(H,35,38)(H,36,40)/t23?,24-,25-,31-/m0/s1. The molecule has 0 bridgehead atoms. The van der Waals surface area contributed by atoms with Gasteiger partial charge < -0.3 is 32.6 Å². The summed E-state index contributed by atoms with van der Waals surface area (Å²) in [6, 6.07) is -2.47. The highest BCUT2D eigenvalue weighted by Crippen LogP contribution is 2.30. The smallest absolute Gasteiger partial charge is 0.323 e. The van der Waals surface area contributed by atoms with Crippen LogP contribution in [0.3, 0.4) is 0 Å². The molecule has 0 aliphatic heterocycles. The van der Waals surface area contributed by atoms with Crippen LogP contribution in [0.2, 0.25) is 0 Å². The number of nitrogens with one attached hydrogen (secondary N) is 2.